The minimum atomic E-state index is 0.0596. The molecular formula is C11H15BrN3O2S+. The van der Waals surface area contributed by atoms with Crippen LogP contribution in [0.5, 0.6) is 11.5 Å². The summed E-state index contributed by atoms with van der Waals surface area (Å²) in [5.74, 6) is 0.455. The predicted molar refractivity (Wildman–Crippen MR) is 77.9 cm³/mol. The van der Waals surface area contributed by atoms with Crippen molar-refractivity contribution in [3.05, 3.63) is 22.2 Å². The van der Waals surface area contributed by atoms with Crippen LogP contribution in [0.4, 0.5) is 0 Å². The molecule has 0 aliphatic carbocycles. The lowest BCUT2D eigenvalue weighted by Crippen LogP contribution is -2.82. The number of phenolic OH excluding ortho intramolecular Hbond substituents is 1. The summed E-state index contributed by atoms with van der Waals surface area (Å²) in [4.78, 5) is 0. The number of hydrazine groups is 1. The number of methoxy groups -OCH3 is 1. The summed E-state index contributed by atoms with van der Waals surface area (Å²) in [6, 6.07) is 3.44. The van der Waals surface area contributed by atoms with E-state index in [1.807, 2.05) is 6.92 Å². The highest BCUT2D eigenvalue weighted by atomic mass is 79.9. The third-order valence-electron chi connectivity index (χ3n) is 2.04. The van der Waals surface area contributed by atoms with Crippen LogP contribution < -0.4 is 20.6 Å². The van der Waals surface area contributed by atoms with Gasteiger partial charge in [0.15, 0.2) is 11.5 Å². The fourth-order valence-electron chi connectivity index (χ4n) is 1.24. The van der Waals surface area contributed by atoms with Crippen molar-refractivity contribution in [1.29, 1.82) is 0 Å². The lowest BCUT2D eigenvalue weighted by Gasteiger charge is -2.05. The summed E-state index contributed by atoms with van der Waals surface area (Å²) < 4.78 is 5.85. The molecule has 0 fully saturated rings. The number of hydrazone groups is 1. The molecule has 0 radical (unpaired) electrons. The van der Waals surface area contributed by atoms with Gasteiger partial charge in [-0.2, -0.15) is 0 Å². The first-order valence-electron chi connectivity index (χ1n) is 5.27. The number of rotatable bonds is 4. The van der Waals surface area contributed by atoms with Gasteiger partial charge < -0.3 is 15.2 Å². The van der Waals surface area contributed by atoms with Crippen molar-refractivity contribution < 1.29 is 14.9 Å². The molecule has 0 bridgehead atoms. The molecule has 0 aromatic heterocycles. The first-order chi connectivity index (χ1) is 8.58. The number of halogens is 1. The summed E-state index contributed by atoms with van der Waals surface area (Å²) in [7, 11) is 1.50. The Morgan fingerprint density at radius 1 is 1.61 bits per heavy atom. The van der Waals surface area contributed by atoms with Crippen molar-refractivity contribution in [1.82, 2.24) is 10.7 Å². The van der Waals surface area contributed by atoms with E-state index in [0.29, 0.717) is 16.4 Å². The van der Waals surface area contributed by atoms with Gasteiger partial charge in [0.2, 0.25) is 11.3 Å². The summed E-state index contributed by atoms with van der Waals surface area (Å²) in [6.45, 7) is 2.69. The van der Waals surface area contributed by atoms with E-state index in [1.165, 1.54) is 7.11 Å². The summed E-state index contributed by atoms with van der Waals surface area (Å²) in [5.41, 5.74) is 3.34. The van der Waals surface area contributed by atoms with E-state index >= 15 is 0 Å². The van der Waals surface area contributed by atoms with Gasteiger partial charge in [-0.05, 0) is 31.3 Å². The third kappa shape index (κ3) is 4.15. The monoisotopic (exact) mass is 332 g/mol. The van der Waals surface area contributed by atoms with Crippen molar-refractivity contribution in [2.75, 3.05) is 13.7 Å². The first kappa shape index (κ1) is 14.7. The van der Waals surface area contributed by atoms with Gasteiger partial charge in [-0.25, -0.2) is 0 Å². The van der Waals surface area contributed by atoms with Crippen LogP contribution in [0.2, 0.25) is 0 Å². The van der Waals surface area contributed by atoms with Gasteiger partial charge in [-0.1, -0.05) is 15.9 Å². The molecule has 7 heteroatoms. The fraction of sp³-hybridized carbons (Fsp3) is 0.273. The number of phenols is 1. The van der Waals surface area contributed by atoms with Crippen molar-refractivity contribution in [2.45, 2.75) is 6.92 Å². The summed E-state index contributed by atoms with van der Waals surface area (Å²) in [6.07, 6.45) is 1.59. The molecule has 0 heterocycles. The zero-order valence-electron chi connectivity index (χ0n) is 10.1. The third-order valence-corrected chi connectivity index (χ3v) is 2.74. The maximum absolute atomic E-state index is 9.89. The van der Waals surface area contributed by atoms with Crippen LogP contribution in [-0.2, 0) is 0 Å². The number of nitrogens with one attached hydrogen (secondary N) is 3. The Morgan fingerprint density at radius 3 is 2.94 bits per heavy atom. The standard InChI is InChI=1S/C11H14BrN3O2S/c1-3-13-11(18)15-14-6-7-4-8(12)5-9(17-2)10(7)16/h4-6,16H,3H2,1-2H3,(H2,13,15,18)/p+1. The highest BCUT2D eigenvalue weighted by Gasteiger charge is 2.10. The van der Waals surface area contributed by atoms with Crippen molar-refractivity contribution in [3.8, 4) is 11.5 Å². The highest BCUT2D eigenvalue weighted by molar-refractivity contribution is 9.10. The second-order valence-corrected chi connectivity index (χ2v) is 4.64. The lowest BCUT2D eigenvalue weighted by molar-refractivity contribution is -0.500. The Balaban J connectivity index is 2.81. The minimum absolute atomic E-state index is 0.0596. The van der Waals surface area contributed by atoms with Gasteiger partial charge in [0.1, 0.15) is 0 Å². The van der Waals surface area contributed by atoms with Gasteiger partial charge in [-0.15, -0.1) is 10.5 Å². The molecule has 0 saturated carbocycles. The van der Waals surface area contributed by atoms with Gasteiger partial charge in [0, 0.05) is 11.0 Å². The molecule has 18 heavy (non-hydrogen) atoms. The quantitative estimate of drug-likeness (QED) is 0.357. The molecule has 5 nitrogen and oxygen atoms in total. The lowest BCUT2D eigenvalue weighted by atomic mass is 10.2. The Kier molecular flexibility index (Phi) is 5.87. The Morgan fingerprint density at radius 2 is 2.33 bits per heavy atom. The van der Waals surface area contributed by atoms with E-state index in [1.54, 1.807) is 18.3 Å². The number of ether oxygens (including phenoxy) is 1. The van der Waals surface area contributed by atoms with Gasteiger partial charge in [0.25, 0.3) is 0 Å². The normalized spacial score (nSPS) is 10.4. The number of hydrogen-bond donors (Lipinski definition) is 4. The average molecular weight is 333 g/mol. The Bertz CT molecular complexity index is 466. The first-order valence-corrected chi connectivity index (χ1v) is 6.47. The molecule has 0 atom stereocenters. The number of hydrogen-bond acceptors (Lipinski definition) is 3. The van der Waals surface area contributed by atoms with Crippen LogP contribution in [0.1, 0.15) is 12.5 Å². The molecular weight excluding hydrogens is 318 g/mol. The van der Waals surface area contributed by atoms with Crippen LogP contribution >= 0.6 is 28.1 Å². The molecule has 1 aromatic rings. The van der Waals surface area contributed by atoms with E-state index in [2.05, 4.69) is 31.8 Å². The molecule has 0 unspecified atom stereocenters. The van der Waals surface area contributed by atoms with E-state index in [4.69, 9.17) is 17.0 Å². The predicted octanol–water partition coefficient (Wildman–Crippen LogP) is 0.0618. The van der Waals surface area contributed by atoms with E-state index in [9.17, 15) is 5.11 Å². The number of aromatic hydroxyl groups is 1. The average Bonchev–Trinajstić information content (AvgIpc) is 2.33. The molecule has 0 spiro atoms. The molecule has 1 aromatic carbocycles. The van der Waals surface area contributed by atoms with Gasteiger partial charge in [-0.3, -0.25) is 0 Å². The largest absolute Gasteiger partial charge is 0.504 e. The van der Waals surface area contributed by atoms with E-state index in [-0.39, 0.29) is 5.75 Å². The van der Waals surface area contributed by atoms with E-state index < -0.39 is 0 Å². The van der Waals surface area contributed by atoms with Gasteiger partial charge in [0.05, 0.1) is 12.7 Å². The van der Waals surface area contributed by atoms with Crippen molar-refractivity contribution in [3.63, 3.8) is 0 Å². The van der Waals surface area contributed by atoms with Crippen LogP contribution in [0.25, 0.3) is 0 Å². The molecule has 0 aliphatic heterocycles. The van der Waals surface area contributed by atoms with Crippen LogP contribution in [0.15, 0.2) is 16.6 Å². The Labute approximate surface area is 119 Å². The smallest absolute Gasteiger partial charge is 0.223 e. The molecule has 0 amide bonds. The summed E-state index contributed by atoms with van der Waals surface area (Å²) in [5, 5.41) is 16.1. The maximum atomic E-state index is 9.89. The zero-order chi connectivity index (χ0) is 13.5. The minimum Gasteiger partial charge on any atom is -0.504 e. The van der Waals surface area contributed by atoms with Crippen molar-refractivity contribution >= 4 is 39.5 Å². The highest BCUT2D eigenvalue weighted by Crippen LogP contribution is 2.32. The van der Waals surface area contributed by atoms with E-state index in [0.717, 1.165) is 11.0 Å². The molecule has 4 N–H and O–H groups in total. The molecule has 0 saturated heterocycles. The maximum Gasteiger partial charge on any atom is 0.223 e. The SMILES string of the molecule is CCNC(=S)N[NH+]=Cc1cc(Br)cc(OC)c1O. The second-order valence-electron chi connectivity index (χ2n) is 3.32. The molecule has 0 aliphatic rings. The van der Waals surface area contributed by atoms with Crippen molar-refractivity contribution in [2.24, 2.45) is 0 Å². The van der Waals surface area contributed by atoms with Crippen LogP contribution in [0, 0.1) is 0 Å². The zero-order valence-corrected chi connectivity index (χ0v) is 12.5. The van der Waals surface area contributed by atoms with Crippen LogP contribution in [-0.4, -0.2) is 30.1 Å². The topological polar surface area (TPSA) is 67.5 Å². The van der Waals surface area contributed by atoms with Gasteiger partial charge >= 0.3 is 0 Å². The molecule has 98 valence electrons. The fourth-order valence-corrected chi connectivity index (χ4v) is 1.90. The van der Waals surface area contributed by atoms with Crippen LogP contribution in [0.3, 0.4) is 0 Å². The Hall–Kier alpha value is -1.34. The molecule has 1 rings (SSSR count). The second kappa shape index (κ2) is 7.17. The number of thiocarbonyl (C=S) groups is 1. The summed E-state index contributed by atoms with van der Waals surface area (Å²) >= 11 is 8.31. The number of benzene rings is 1.